The number of halogens is 1. The number of nitro benzene ring substituents is 1. The van der Waals surface area contributed by atoms with E-state index < -0.39 is 4.92 Å². The van der Waals surface area contributed by atoms with Crippen molar-refractivity contribution < 1.29 is 9.72 Å². The van der Waals surface area contributed by atoms with Crippen molar-refractivity contribution in [1.29, 1.82) is 0 Å². The highest BCUT2D eigenvalue weighted by atomic mass is 35.5. The zero-order chi connectivity index (χ0) is 20.3. The molecule has 0 fully saturated rings. The normalized spacial score (nSPS) is 11.1. The third-order valence-electron chi connectivity index (χ3n) is 4.47. The number of amides is 1. The maximum Gasteiger partial charge on any atom is 0.269 e. The smallest absolute Gasteiger partial charge is 0.269 e. The number of aryl methyl sites for hydroxylation is 1. The molecule has 0 saturated carbocycles. The Balaban J connectivity index is 2.14. The predicted octanol–water partition coefficient (Wildman–Crippen LogP) is 3.92. The Kier molecular flexibility index (Phi) is 6.59. The number of non-ortho nitro benzene ring substituents is 1. The number of hydrogen-bond acceptors (Lipinski definition) is 4. The molecule has 0 aliphatic rings. The molecule has 0 aliphatic heterocycles. The van der Waals surface area contributed by atoms with Gasteiger partial charge in [-0.2, -0.15) is 5.10 Å². The molecule has 27 heavy (non-hydrogen) atoms. The lowest BCUT2D eigenvalue weighted by Crippen LogP contribution is -2.28. The number of nitro groups is 1. The summed E-state index contributed by atoms with van der Waals surface area (Å²) in [6.45, 7) is 9.14. The van der Waals surface area contributed by atoms with Crippen LogP contribution >= 0.6 is 11.6 Å². The van der Waals surface area contributed by atoms with E-state index in [1.54, 1.807) is 7.05 Å². The van der Waals surface area contributed by atoms with Crippen LogP contribution in [0, 0.1) is 29.9 Å². The Hall–Kier alpha value is -2.41. The van der Waals surface area contributed by atoms with Crippen molar-refractivity contribution in [2.24, 2.45) is 5.92 Å². The van der Waals surface area contributed by atoms with Gasteiger partial charge in [-0.05, 0) is 31.4 Å². The molecule has 146 valence electrons. The van der Waals surface area contributed by atoms with E-state index in [2.05, 4.69) is 18.9 Å². The van der Waals surface area contributed by atoms with E-state index in [0.29, 0.717) is 16.5 Å². The van der Waals surface area contributed by atoms with E-state index in [1.807, 2.05) is 18.5 Å². The van der Waals surface area contributed by atoms with Gasteiger partial charge in [0.05, 0.1) is 17.0 Å². The second-order valence-corrected chi connectivity index (χ2v) is 7.59. The molecule has 2 aromatic rings. The molecule has 0 aliphatic carbocycles. The predicted molar refractivity (Wildman–Crippen MR) is 105 cm³/mol. The van der Waals surface area contributed by atoms with Gasteiger partial charge in [-0.1, -0.05) is 25.4 Å². The summed E-state index contributed by atoms with van der Waals surface area (Å²) >= 11 is 6.14. The van der Waals surface area contributed by atoms with Gasteiger partial charge in [-0.15, -0.1) is 0 Å². The van der Waals surface area contributed by atoms with Gasteiger partial charge in [0.1, 0.15) is 0 Å². The van der Waals surface area contributed by atoms with Crippen LogP contribution in [0.15, 0.2) is 18.2 Å². The summed E-state index contributed by atoms with van der Waals surface area (Å²) in [6.07, 6.45) is 0.235. The van der Waals surface area contributed by atoms with Crippen molar-refractivity contribution in [3.05, 3.63) is 55.9 Å². The lowest BCUT2D eigenvalue weighted by atomic mass is 10.1. The average molecular weight is 393 g/mol. The maximum absolute atomic E-state index is 12.7. The van der Waals surface area contributed by atoms with Crippen LogP contribution in [-0.4, -0.2) is 32.6 Å². The maximum atomic E-state index is 12.7. The summed E-state index contributed by atoms with van der Waals surface area (Å²) in [4.78, 5) is 24.7. The summed E-state index contributed by atoms with van der Waals surface area (Å²) < 4.78 is 1.94. The molecule has 1 aromatic carbocycles. The highest BCUT2D eigenvalue weighted by molar-refractivity contribution is 6.31. The van der Waals surface area contributed by atoms with Crippen molar-refractivity contribution in [1.82, 2.24) is 14.7 Å². The van der Waals surface area contributed by atoms with Gasteiger partial charge in [-0.3, -0.25) is 19.6 Å². The third kappa shape index (κ3) is 5.07. The van der Waals surface area contributed by atoms with E-state index >= 15 is 0 Å². The first-order chi connectivity index (χ1) is 12.6. The van der Waals surface area contributed by atoms with Crippen molar-refractivity contribution >= 4 is 23.2 Å². The first-order valence-corrected chi connectivity index (χ1v) is 9.17. The van der Waals surface area contributed by atoms with Gasteiger partial charge in [0.25, 0.3) is 5.69 Å². The van der Waals surface area contributed by atoms with Crippen molar-refractivity contribution in [3.8, 4) is 0 Å². The highest BCUT2D eigenvalue weighted by Gasteiger charge is 2.19. The number of likely N-dealkylation sites (N-methyl/N-ethyl adjacent to an activating group) is 1. The van der Waals surface area contributed by atoms with Crippen LogP contribution in [0.2, 0.25) is 5.02 Å². The summed E-state index contributed by atoms with van der Waals surface area (Å²) in [5, 5.41) is 15.9. The Morgan fingerprint density at radius 1 is 1.37 bits per heavy atom. The minimum absolute atomic E-state index is 0.0445. The summed E-state index contributed by atoms with van der Waals surface area (Å²) in [6, 6.07) is 4.24. The molecule has 7 nitrogen and oxygen atoms in total. The van der Waals surface area contributed by atoms with Gasteiger partial charge in [-0.25, -0.2) is 0 Å². The molecule has 0 bridgehead atoms. The van der Waals surface area contributed by atoms with E-state index in [0.717, 1.165) is 23.5 Å². The number of benzene rings is 1. The van der Waals surface area contributed by atoms with Gasteiger partial charge in [0, 0.05) is 48.5 Å². The summed E-state index contributed by atoms with van der Waals surface area (Å²) in [5.74, 6) is 0.373. The number of aromatic nitrogens is 2. The standard InChI is InChI=1S/C19H25ClN4O3/c1-12(2)10-23-14(4)17(13(3)21-23)9-19(25)22(5)11-15-8-16(24(26)27)6-7-18(15)20/h6-8,12H,9-11H2,1-5H3. The number of rotatable bonds is 7. The molecule has 2 rings (SSSR count). The van der Waals surface area contributed by atoms with Crippen molar-refractivity contribution in [2.75, 3.05) is 7.05 Å². The van der Waals surface area contributed by atoms with Crippen LogP contribution in [0.5, 0.6) is 0 Å². The molecule has 0 spiro atoms. The first kappa shape index (κ1) is 20.9. The first-order valence-electron chi connectivity index (χ1n) is 8.79. The molecule has 8 heteroatoms. The topological polar surface area (TPSA) is 81.3 Å². The van der Waals surface area contributed by atoms with Crippen LogP contribution in [0.1, 0.15) is 36.4 Å². The number of carbonyl (C=O) groups is 1. The van der Waals surface area contributed by atoms with Crippen LogP contribution in [0.4, 0.5) is 5.69 Å². The van der Waals surface area contributed by atoms with Gasteiger partial charge < -0.3 is 4.90 Å². The van der Waals surface area contributed by atoms with Crippen LogP contribution in [0.25, 0.3) is 0 Å². The van der Waals surface area contributed by atoms with Gasteiger partial charge in [0.2, 0.25) is 5.91 Å². The van der Waals surface area contributed by atoms with E-state index in [-0.39, 0.29) is 24.6 Å². The van der Waals surface area contributed by atoms with Gasteiger partial charge >= 0.3 is 0 Å². The Morgan fingerprint density at radius 2 is 2.04 bits per heavy atom. The quantitative estimate of drug-likeness (QED) is 0.528. The fourth-order valence-corrected chi connectivity index (χ4v) is 3.12. The molecule has 1 heterocycles. The molecule has 0 unspecified atom stereocenters. The summed E-state index contributed by atoms with van der Waals surface area (Å²) in [7, 11) is 1.67. The second kappa shape index (κ2) is 8.52. The lowest BCUT2D eigenvalue weighted by molar-refractivity contribution is -0.384. The number of carbonyl (C=O) groups excluding carboxylic acids is 1. The molecule has 0 N–H and O–H groups in total. The van der Waals surface area contributed by atoms with Crippen LogP contribution in [0.3, 0.4) is 0 Å². The van der Waals surface area contributed by atoms with Crippen molar-refractivity contribution in [3.63, 3.8) is 0 Å². The Bertz CT molecular complexity index is 861. The molecule has 1 amide bonds. The SMILES string of the molecule is Cc1nn(CC(C)C)c(C)c1CC(=O)N(C)Cc1cc([N+](=O)[O-])ccc1Cl. The van der Waals surface area contributed by atoms with Crippen LogP contribution in [-0.2, 0) is 24.3 Å². The fourth-order valence-electron chi connectivity index (χ4n) is 2.94. The third-order valence-corrected chi connectivity index (χ3v) is 4.84. The van der Waals surface area contributed by atoms with E-state index in [9.17, 15) is 14.9 Å². The number of hydrogen-bond donors (Lipinski definition) is 0. The molecular formula is C19H25ClN4O3. The molecule has 1 aromatic heterocycles. The highest BCUT2D eigenvalue weighted by Crippen LogP contribution is 2.24. The summed E-state index contributed by atoms with van der Waals surface area (Å²) in [5.41, 5.74) is 3.28. The Labute approximate surface area is 164 Å². The zero-order valence-electron chi connectivity index (χ0n) is 16.3. The molecule has 0 radical (unpaired) electrons. The lowest BCUT2D eigenvalue weighted by Gasteiger charge is -2.18. The fraction of sp³-hybridized carbons (Fsp3) is 0.474. The van der Waals surface area contributed by atoms with E-state index in [1.165, 1.54) is 23.1 Å². The molecular weight excluding hydrogens is 368 g/mol. The van der Waals surface area contributed by atoms with Crippen molar-refractivity contribution in [2.45, 2.75) is 47.2 Å². The number of nitrogens with zero attached hydrogens (tertiary/aromatic N) is 4. The Morgan fingerprint density at radius 3 is 2.63 bits per heavy atom. The molecule has 0 saturated heterocycles. The van der Waals surface area contributed by atoms with Crippen LogP contribution < -0.4 is 0 Å². The zero-order valence-corrected chi connectivity index (χ0v) is 17.1. The monoisotopic (exact) mass is 392 g/mol. The minimum atomic E-state index is -0.475. The molecule has 0 atom stereocenters. The second-order valence-electron chi connectivity index (χ2n) is 7.18. The van der Waals surface area contributed by atoms with E-state index in [4.69, 9.17) is 11.6 Å². The van der Waals surface area contributed by atoms with Gasteiger partial charge in [0.15, 0.2) is 0 Å². The largest absolute Gasteiger partial charge is 0.341 e. The average Bonchev–Trinajstić information content (AvgIpc) is 2.83. The minimum Gasteiger partial charge on any atom is -0.341 e.